The molecule has 0 radical (unpaired) electrons. The molecule has 1 saturated carbocycles. The van der Waals surface area contributed by atoms with E-state index in [0.29, 0.717) is 0 Å². The summed E-state index contributed by atoms with van der Waals surface area (Å²) in [5, 5.41) is 3.37. The van der Waals surface area contributed by atoms with Gasteiger partial charge >= 0.3 is 0 Å². The topological polar surface area (TPSA) is 30.5 Å². The average Bonchev–Trinajstić information content (AvgIpc) is 2.48. The summed E-state index contributed by atoms with van der Waals surface area (Å²) in [5.41, 5.74) is 1.48. The van der Waals surface area contributed by atoms with Crippen LogP contribution in [0.2, 0.25) is 0 Å². The van der Waals surface area contributed by atoms with Crippen molar-refractivity contribution in [2.45, 2.75) is 37.5 Å². The predicted molar refractivity (Wildman–Crippen MR) is 78.2 cm³/mol. The van der Waals surface area contributed by atoms with E-state index in [1.807, 2.05) is 19.2 Å². The molecular formula is C16H25NO2. The summed E-state index contributed by atoms with van der Waals surface area (Å²) in [5.74, 6) is 1.90. The number of hydrogen-bond acceptors (Lipinski definition) is 3. The lowest BCUT2D eigenvalue weighted by Gasteiger charge is -2.38. The second-order valence-electron chi connectivity index (χ2n) is 5.44. The number of rotatable bonds is 5. The van der Waals surface area contributed by atoms with Crippen LogP contribution in [0, 0.1) is 0 Å². The van der Waals surface area contributed by atoms with Gasteiger partial charge in [-0.1, -0.05) is 19.3 Å². The Morgan fingerprint density at radius 1 is 1.11 bits per heavy atom. The molecule has 1 N–H and O–H groups in total. The lowest BCUT2D eigenvalue weighted by molar-refractivity contribution is 0.273. The molecule has 3 heteroatoms. The maximum atomic E-state index is 5.59. The first-order valence-electron chi connectivity index (χ1n) is 7.13. The SMILES string of the molecule is CNCC1(c2cc(OC)ccc2OC)CCCCC1. The van der Waals surface area contributed by atoms with Crippen LogP contribution in [-0.4, -0.2) is 27.8 Å². The quantitative estimate of drug-likeness (QED) is 0.885. The maximum Gasteiger partial charge on any atom is 0.122 e. The number of hydrogen-bond donors (Lipinski definition) is 1. The third kappa shape index (κ3) is 2.86. The molecule has 106 valence electrons. The van der Waals surface area contributed by atoms with E-state index in [0.717, 1.165) is 18.0 Å². The fraction of sp³-hybridized carbons (Fsp3) is 0.625. The number of nitrogens with one attached hydrogen (secondary N) is 1. The first-order chi connectivity index (χ1) is 9.25. The zero-order valence-corrected chi connectivity index (χ0v) is 12.3. The summed E-state index contributed by atoms with van der Waals surface area (Å²) in [6.45, 7) is 0.997. The highest BCUT2D eigenvalue weighted by atomic mass is 16.5. The Bertz CT molecular complexity index is 406. The van der Waals surface area contributed by atoms with Gasteiger partial charge in [-0.15, -0.1) is 0 Å². The molecule has 0 saturated heterocycles. The summed E-state index contributed by atoms with van der Waals surface area (Å²) in [6, 6.07) is 6.15. The van der Waals surface area contributed by atoms with E-state index in [9.17, 15) is 0 Å². The van der Waals surface area contributed by atoms with Gasteiger partial charge in [0.15, 0.2) is 0 Å². The summed E-state index contributed by atoms with van der Waals surface area (Å²) >= 11 is 0. The smallest absolute Gasteiger partial charge is 0.122 e. The van der Waals surface area contributed by atoms with Crippen LogP contribution in [-0.2, 0) is 5.41 Å². The van der Waals surface area contributed by atoms with Crippen LogP contribution in [0.3, 0.4) is 0 Å². The molecule has 0 aliphatic heterocycles. The second kappa shape index (κ2) is 6.29. The van der Waals surface area contributed by atoms with Crippen LogP contribution < -0.4 is 14.8 Å². The normalized spacial score (nSPS) is 18.1. The van der Waals surface area contributed by atoms with E-state index in [2.05, 4.69) is 11.4 Å². The Hall–Kier alpha value is -1.22. The Labute approximate surface area is 116 Å². The first kappa shape index (κ1) is 14.2. The average molecular weight is 263 g/mol. The van der Waals surface area contributed by atoms with Crippen molar-refractivity contribution in [1.82, 2.24) is 5.32 Å². The molecule has 0 atom stereocenters. The fourth-order valence-corrected chi connectivity index (χ4v) is 3.34. The molecule has 0 spiro atoms. The molecule has 3 nitrogen and oxygen atoms in total. The van der Waals surface area contributed by atoms with Crippen molar-refractivity contribution in [2.75, 3.05) is 27.8 Å². The van der Waals surface area contributed by atoms with Crippen molar-refractivity contribution >= 4 is 0 Å². The van der Waals surface area contributed by atoms with Crippen molar-refractivity contribution in [3.05, 3.63) is 23.8 Å². The first-order valence-corrected chi connectivity index (χ1v) is 7.13. The Morgan fingerprint density at radius 2 is 1.84 bits per heavy atom. The Kier molecular flexibility index (Phi) is 4.70. The highest BCUT2D eigenvalue weighted by molar-refractivity contribution is 5.45. The Balaban J connectivity index is 2.44. The van der Waals surface area contributed by atoms with Crippen molar-refractivity contribution in [1.29, 1.82) is 0 Å². The number of benzene rings is 1. The molecule has 1 aromatic carbocycles. The van der Waals surface area contributed by atoms with Gasteiger partial charge in [-0.2, -0.15) is 0 Å². The number of ether oxygens (including phenoxy) is 2. The van der Waals surface area contributed by atoms with E-state index in [1.54, 1.807) is 14.2 Å². The third-order valence-electron chi connectivity index (χ3n) is 4.30. The molecule has 2 rings (SSSR count). The van der Waals surface area contributed by atoms with Gasteiger partial charge in [-0.05, 0) is 38.1 Å². The zero-order chi connectivity index (χ0) is 13.7. The van der Waals surface area contributed by atoms with Gasteiger partial charge in [0.25, 0.3) is 0 Å². The summed E-state index contributed by atoms with van der Waals surface area (Å²) in [4.78, 5) is 0. The predicted octanol–water partition coefficient (Wildman–Crippen LogP) is 3.13. The van der Waals surface area contributed by atoms with Gasteiger partial charge in [-0.3, -0.25) is 0 Å². The third-order valence-corrected chi connectivity index (χ3v) is 4.30. The van der Waals surface area contributed by atoms with Gasteiger partial charge in [0.1, 0.15) is 11.5 Å². The van der Waals surface area contributed by atoms with Gasteiger partial charge in [0.2, 0.25) is 0 Å². The Morgan fingerprint density at radius 3 is 2.42 bits per heavy atom. The van der Waals surface area contributed by atoms with E-state index in [-0.39, 0.29) is 5.41 Å². The van der Waals surface area contributed by atoms with Crippen LogP contribution in [0.25, 0.3) is 0 Å². The molecule has 1 aliphatic rings. The van der Waals surface area contributed by atoms with Crippen LogP contribution in [0.4, 0.5) is 0 Å². The van der Waals surface area contributed by atoms with E-state index in [1.165, 1.54) is 37.7 Å². The van der Waals surface area contributed by atoms with Crippen LogP contribution in [0.5, 0.6) is 11.5 Å². The minimum atomic E-state index is 0.187. The minimum Gasteiger partial charge on any atom is -0.497 e. The van der Waals surface area contributed by atoms with Crippen LogP contribution in [0.1, 0.15) is 37.7 Å². The van der Waals surface area contributed by atoms with Crippen molar-refractivity contribution in [3.8, 4) is 11.5 Å². The van der Waals surface area contributed by atoms with E-state index in [4.69, 9.17) is 9.47 Å². The van der Waals surface area contributed by atoms with Gasteiger partial charge in [0.05, 0.1) is 14.2 Å². The van der Waals surface area contributed by atoms with Crippen LogP contribution in [0.15, 0.2) is 18.2 Å². The molecule has 0 amide bonds. The monoisotopic (exact) mass is 263 g/mol. The molecule has 0 aromatic heterocycles. The second-order valence-corrected chi connectivity index (χ2v) is 5.44. The highest BCUT2D eigenvalue weighted by Crippen LogP contribution is 2.44. The van der Waals surface area contributed by atoms with E-state index < -0.39 is 0 Å². The van der Waals surface area contributed by atoms with Crippen molar-refractivity contribution in [2.24, 2.45) is 0 Å². The standard InChI is InChI=1S/C16H25NO2/c1-17-12-16(9-5-4-6-10-16)14-11-13(18-2)7-8-15(14)19-3/h7-8,11,17H,4-6,9-10,12H2,1-3H3. The molecule has 1 aromatic rings. The molecular weight excluding hydrogens is 238 g/mol. The largest absolute Gasteiger partial charge is 0.497 e. The molecule has 0 bridgehead atoms. The summed E-state index contributed by atoms with van der Waals surface area (Å²) < 4.78 is 11.0. The number of methoxy groups -OCH3 is 2. The molecule has 0 heterocycles. The fourth-order valence-electron chi connectivity index (χ4n) is 3.34. The summed E-state index contributed by atoms with van der Waals surface area (Å²) in [7, 11) is 5.50. The lowest BCUT2D eigenvalue weighted by atomic mass is 9.69. The highest BCUT2D eigenvalue weighted by Gasteiger charge is 2.35. The maximum absolute atomic E-state index is 5.59. The zero-order valence-electron chi connectivity index (χ0n) is 12.3. The molecule has 1 fully saturated rings. The lowest BCUT2D eigenvalue weighted by Crippen LogP contribution is -2.39. The van der Waals surface area contributed by atoms with Gasteiger partial charge < -0.3 is 14.8 Å². The molecule has 19 heavy (non-hydrogen) atoms. The minimum absolute atomic E-state index is 0.187. The van der Waals surface area contributed by atoms with Crippen molar-refractivity contribution < 1.29 is 9.47 Å². The van der Waals surface area contributed by atoms with Gasteiger partial charge in [-0.25, -0.2) is 0 Å². The number of likely N-dealkylation sites (N-methyl/N-ethyl adjacent to an activating group) is 1. The molecule has 0 unspecified atom stereocenters. The van der Waals surface area contributed by atoms with Gasteiger partial charge in [0, 0.05) is 17.5 Å². The van der Waals surface area contributed by atoms with E-state index >= 15 is 0 Å². The van der Waals surface area contributed by atoms with Crippen molar-refractivity contribution in [3.63, 3.8) is 0 Å². The summed E-state index contributed by atoms with van der Waals surface area (Å²) in [6.07, 6.45) is 6.37. The molecule has 1 aliphatic carbocycles. The van der Waals surface area contributed by atoms with Crippen LogP contribution >= 0.6 is 0 Å².